The molecule has 33 heavy (non-hydrogen) atoms. The third-order valence-electron chi connectivity index (χ3n) is 5.44. The maximum Gasteiger partial charge on any atom is 0.325 e. The molecule has 2 heterocycles. The molecule has 11 nitrogen and oxygen atoms in total. The Balaban J connectivity index is 1.55. The van der Waals surface area contributed by atoms with Crippen LogP contribution in [0.1, 0.15) is 44.6 Å². The van der Waals surface area contributed by atoms with Gasteiger partial charge in [-0.1, -0.05) is 6.07 Å². The van der Waals surface area contributed by atoms with Crippen molar-refractivity contribution in [3.05, 3.63) is 63.0 Å². The Labute approximate surface area is 189 Å². The van der Waals surface area contributed by atoms with Gasteiger partial charge in [0.05, 0.1) is 16.4 Å². The summed E-state index contributed by atoms with van der Waals surface area (Å²) in [5.74, 6) is -1.86. The van der Waals surface area contributed by atoms with Crippen molar-refractivity contribution in [3.63, 3.8) is 0 Å². The number of nitrogens with zero attached hydrogens (tertiary/aromatic N) is 2. The number of benzene rings is 1. The van der Waals surface area contributed by atoms with Crippen molar-refractivity contribution in [2.45, 2.75) is 26.3 Å². The van der Waals surface area contributed by atoms with Crippen LogP contribution in [0.3, 0.4) is 0 Å². The fraction of sp³-hybridized carbons (Fsp3) is 0.381. The fourth-order valence-electron chi connectivity index (χ4n) is 3.89. The van der Waals surface area contributed by atoms with Crippen LogP contribution in [-0.2, 0) is 19.4 Å². The Morgan fingerprint density at radius 1 is 1.24 bits per heavy atom. The molecule has 1 aromatic heterocycles. The lowest BCUT2D eigenvalue weighted by molar-refractivity contribution is -0.384. The summed E-state index contributed by atoms with van der Waals surface area (Å²) < 4.78 is 30.4. The number of ketones is 1. The van der Waals surface area contributed by atoms with Crippen molar-refractivity contribution in [2.24, 2.45) is 0 Å². The third kappa shape index (κ3) is 5.64. The van der Waals surface area contributed by atoms with E-state index in [9.17, 15) is 32.9 Å². The van der Waals surface area contributed by atoms with Gasteiger partial charge in [-0.05, 0) is 32.4 Å². The first-order chi connectivity index (χ1) is 15.5. The summed E-state index contributed by atoms with van der Waals surface area (Å²) in [6, 6.07) is 6.43. The smallest absolute Gasteiger partial charge is 0.325 e. The Morgan fingerprint density at radius 2 is 1.97 bits per heavy atom. The van der Waals surface area contributed by atoms with Crippen molar-refractivity contribution in [2.75, 3.05) is 24.7 Å². The van der Waals surface area contributed by atoms with Crippen LogP contribution in [0.15, 0.2) is 30.3 Å². The number of esters is 1. The lowest BCUT2D eigenvalue weighted by atomic mass is 10.1. The zero-order valence-electron chi connectivity index (χ0n) is 18.1. The number of nitrogens with one attached hydrogen (secondary N) is 1. The second-order valence-electron chi connectivity index (χ2n) is 7.79. The minimum Gasteiger partial charge on any atom is -0.456 e. The monoisotopic (exact) mass is 477 g/mol. The van der Waals surface area contributed by atoms with Gasteiger partial charge in [0, 0.05) is 40.7 Å². The zero-order chi connectivity index (χ0) is 24.3. The van der Waals surface area contributed by atoms with E-state index in [1.165, 1.54) is 18.2 Å². The number of non-ortho nitro benzene ring substituents is 1. The number of rotatable bonds is 8. The van der Waals surface area contributed by atoms with Crippen LogP contribution in [0.25, 0.3) is 0 Å². The number of aryl methyl sites for hydroxylation is 1. The molecule has 0 spiro atoms. The third-order valence-corrected chi connectivity index (χ3v) is 7.19. The van der Waals surface area contributed by atoms with Gasteiger partial charge in [-0.15, -0.1) is 0 Å². The highest BCUT2D eigenvalue weighted by Crippen LogP contribution is 2.29. The highest BCUT2D eigenvalue weighted by molar-refractivity contribution is 7.91. The molecule has 1 amide bonds. The van der Waals surface area contributed by atoms with Gasteiger partial charge in [0.15, 0.2) is 16.4 Å². The van der Waals surface area contributed by atoms with Gasteiger partial charge in [-0.25, -0.2) is 8.42 Å². The molecule has 1 aromatic carbocycles. The molecule has 176 valence electrons. The average molecular weight is 477 g/mol. The van der Waals surface area contributed by atoms with Crippen molar-refractivity contribution in [1.29, 1.82) is 0 Å². The summed E-state index contributed by atoms with van der Waals surface area (Å²) >= 11 is 0. The Kier molecular flexibility index (Phi) is 6.96. The van der Waals surface area contributed by atoms with Crippen LogP contribution in [0.2, 0.25) is 0 Å². The van der Waals surface area contributed by atoms with Crippen molar-refractivity contribution in [1.82, 2.24) is 9.88 Å². The number of nitro benzene ring substituents is 1. The largest absolute Gasteiger partial charge is 0.456 e. The van der Waals surface area contributed by atoms with E-state index in [1.54, 1.807) is 19.9 Å². The number of aromatic nitrogens is 1. The zero-order valence-corrected chi connectivity index (χ0v) is 18.9. The van der Waals surface area contributed by atoms with Crippen LogP contribution in [-0.4, -0.2) is 60.2 Å². The normalized spacial score (nSPS) is 16.8. The van der Waals surface area contributed by atoms with Crippen molar-refractivity contribution in [3.8, 4) is 0 Å². The minimum atomic E-state index is -3.09. The fourth-order valence-corrected chi connectivity index (χ4v) is 5.59. The number of nitro groups is 1. The molecule has 12 heteroatoms. The molecule has 1 unspecified atom stereocenters. The molecule has 0 saturated carbocycles. The van der Waals surface area contributed by atoms with Gasteiger partial charge in [-0.2, -0.15) is 0 Å². The first kappa shape index (κ1) is 24.1. The lowest BCUT2D eigenvalue weighted by Gasteiger charge is -2.16. The Morgan fingerprint density at radius 3 is 2.61 bits per heavy atom. The lowest BCUT2D eigenvalue weighted by Crippen LogP contribution is -2.31. The molecule has 0 radical (unpaired) electrons. The number of carbonyl (C=O) groups is 3. The summed E-state index contributed by atoms with van der Waals surface area (Å²) in [6.45, 7) is 2.43. The molecule has 1 atom stereocenters. The number of sulfone groups is 1. The molecule has 0 bridgehead atoms. The van der Waals surface area contributed by atoms with Crippen LogP contribution >= 0.6 is 0 Å². The molecule has 1 fully saturated rings. The second kappa shape index (κ2) is 9.53. The van der Waals surface area contributed by atoms with Gasteiger partial charge < -0.3 is 14.6 Å². The first-order valence-electron chi connectivity index (χ1n) is 10.1. The number of carbonyl (C=O) groups excluding carboxylic acids is 3. The predicted octanol–water partition coefficient (Wildman–Crippen LogP) is 1.53. The van der Waals surface area contributed by atoms with E-state index in [2.05, 4.69) is 5.32 Å². The van der Waals surface area contributed by atoms with Gasteiger partial charge in [0.25, 0.3) is 11.6 Å². The second-order valence-corrected chi connectivity index (χ2v) is 10.0. The van der Waals surface area contributed by atoms with Gasteiger partial charge in [0.1, 0.15) is 6.54 Å². The predicted molar refractivity (Wildman–Crippen MR) is 117 cm³/mol. The molecule has 1 saturated heterocycles. The molecular weight excluding hydrogens is 454 g/mol. The summed E-state index contributed by atoms with van der Waals surface area (Å²) in [6.07, 6.45) is 0.478. The number of amides is 1. The number of Topliss-reactive ketones (excluding diaryl/α,β-unsaturated/α-hetero) is 1. The van der Waals surface area contributed by atoms with E-state index in [0.29, 0.717) is 17.7 Å². The summed E-state index contributed by atoms with van der Waals surface area (Å²) in [5, 5.41) is 13.1. The quantitative estimate of drug-likeness (QED) is 0.260. The van der Waals surface area contributed by atoms with E-state index in [1.807, 2.05) is 4.57 Å². The molecule has 3 rings (SSSR count). The molecule has 1 N–H and O–H groups in total. The summed E-state index contributed by atoms with van der Waals surface area (Å²) in [7, 11) is -3.09. The summed E-state index contributed by atoms with van der Waals surface area (Å²) in [4.78, 5) is 46.8. The highest BCUT2D eigenvalue weighted by Gasteiger charge is 2.31. The SMILES string of the molecule is Cc1cc(C(=O)COC(=O)CNC(=O)c2cccc([N+](=O)[O-])c2)c(C)n1C1CCS(=O)(=O)C1. The molecular formula is C21H23N3O8S. The first-order valence-corrected chi connectivity index (χ1v) is 11.9. The standard InChI is InChI=1S/C21H23N3O8S/c1-13-8-18(14(2)23(13)17-6-7-33(30,31)12-17)19(25)11-32-20(26)10-22-21(27)15-4-3-5-16(9-15)24(28)29/h3-5,8-9,17H,6-7,10-12H2,1-2H3,(H,22,27). The number of ether oxygens (including phenoxy) is 1. The number of hydrogen-bond donors (Lipinski definition) is 1. The van der Waals surface area contributed by atoms with Crippen LogP contribution in [0.5, 0.6) is 0 Å². The number of hydrogen-bond acceptors (Lipinski definition) is 8. The van der Waals surface area contributed by atoms with Crippen LogP contribution in [0.4, 0.5) is 5.69 Å². The maximum atomic E-state index is 12.6. The molecule has 2 aromatic rings. The average Bonchev–Trinajstić information content (AvgIpc) is 3.27. The van der Waals surface area contributed by atoms with Crippen molar-refractivity contribution >= 4 is 33.2 Å². The molecule has 1 aliphatic rings. The molecule has 0 aliphatic carbocycles. The van der Waals surface area contributed by atoms with E-state index < -0.39 is 45.6 Å². The maximum absolute atomic E-state index is 12.6. The minimum absolute atomic E-state index is 0.00874. The van der Waals surface area contributed by atoms with Gasteiger partial charge >= 0.3 is 5.97 Å². The van der Waals surface area contributed by atoms with E-state index in [-0.39, 0.29) is 28.8 Å². The topological polar surface area (TPSA) is 155 Å². The van der Waals surface area contributed by atoms with Crippen molar-refractivity contribution < 1.29 is 32.5 Å². The van der Waals surface area contributed by atoms with Gasteiger partial charge in [0.2, 0.25) is 5.78 Å². The molecule has 1 aliphatic heterocycles. The highest BCUT2D eigenvalue weighted by atomic mass is 32.2. The van der Waals surface area contributed by atoms with Crippen LogP contribution < -0.4 is 5.32 Å². The Bertz CT molecular complexity index is 1230. The van der Waals surface area contributed by atoms with Gasteiger partial charge in [-0.3, -0.25) is 24.5 Å². The van der Waals surface area contributed by atoms with Crippen LogP contribution in [0, 0.1) is 24.0 Å². The summed E-state index contributed by atoms with van der Waals surface area (Å²) in [5.41, 5.74) is 1.44. The van der Waals surface area contributed by atoms with E-state index in [4.69, 9.17) is 4.74 Å². The van der Waals surface area contributed by atoms with E-state index in [0.717, 1.165) is 11.8 Å². The van der Waals surface area contributed by atoms with E-state index >= 15 is 0 Å². The Hall–Kier alpha value is -3.54.